The first kappa shape index (κ1) is 14.0. The molecule has 0 amide bonds. The molecule has 0 spiro atoms. The van der Waals surface area contributed by atoms with E-state index in [9.17, 15) is 0 Å². The summed E-state index contributed by atoms with van der Waals surface area (Å²) in [5.74, 6) is 1.28. The van der Waals surface area contributed by atoms with Crippen molar-refractivity contribution >= 4 is 23.2 Å². The summed E-state index contributed by atoms with van der Waals surface area (Å²) in [5.41, 5.74) is 0.844. The number of nitrogens with zero attached hydrogens (tertiary/aromatic N) is 4. The van der Waals surface area contributed by atoms with Crippen molar-refractivity contribution in [2.75, 3.05) is 11.9 Å². The zero-order chi connectivity index (χ0) is 14.0. The van der Waals surface area contributed by atoms with Crippen LogP contribution in [0.2, 0.25) is 5.15 Å². The third-order valence-corrected chi connectivity index (χ3v) is 3.04. The third kappa shape index (κ3) is 3.13. The molecule has 2 aromatic heterocycles. The average molecular weight is 284 g/mol. The molecule has 0 aliphatic carbocycles. The molecule has 1 atom stereocenters. The molecule has 1 N–H and O–H groups in total. The van der Waals surface area contributed by atoms with Crippen molar-refractivity contribution in [3.63, 3.8) is 0 Å². The van der Waals surface area contributed by atoms with E-state index in [4.69, 9.17) is 16.3 Å². The van der Waals surface area contributed by atoms with Gasteiger partial charge in [-0.3, -0.25) is 0 Å². The Kier molecular flexibility index (Phi) is 4.21. The van der Waals surface area contributed by atoms with Gasteiger partial charge in [0.25, 0.3) is 5.78 Å². The molecule has 2 aromatic rings. The van der Waals surface area contributed by atoms with Gasteiger partial charge in [-0.2, -0.15) is 19.6 Å². The summed E-state index contributed by atoms with van der Waals surface area (Å²) in [6.45, 7) is 8.56. The minimum Gasteiger partial charge on any atom is -0.377 e. The normalized spacial score (nSPS) is 13.2. The molecule has 104 valence electrons. The van der Waals surface area contributed by atoms with Crippen LogP contribution in [-0.4, -0.2) is 38.3 Å². The van der Waals surface area contributed by atoms with Crippen molar-refractivity contribution in [1.29, 1.82) is 0 Å². The second-order valence-corrected chi connectivity index (χ2v) is 5.13. The van der Waals surface area contributed by atoms with Crippen LogP contribution >= 0.6 is 11.6 Å². The maximum atomic E-state index is 6.10. The van der Waals surface area contributed by atoms with Gasteiger partial charge in [0.15, 0.2) is 0 Å². The molecule has 0 aliphatic rings. The van der Waals surface area contributed by atoms with E-state index in [1.54, 1.807) is 4.52 Å². The van der Waals surface area contributed by atoms with Crippen LogP contribution in [0.4, 0.5) is 5.82 Å². The molecule has 2 heterocycles. The van der Waals surface area contributed by atoms with E-state index in [-0.39, 0.29) is 12.1 Å². The summed E-state index contributed by atoms with van der Waals surface area (Å²) in [5, 5.41) is 7.93. The van der Waals surface area contributed by atoms with Gasteiger partial charge in [-0.1, -0.05) is 11.6 Å². The van der Waals surface area contributed by atoms with Crippen LogP contribution in [0.5, 0.6) is 0 Å². The van der Waals surface area contributed by atoms with E-state index in [0.29, 0.717) is 17.5 Å². The molecule has 0 aromatic carbocycles. The van der Waals surface area contributed by atoms with Crippen molar-refractivity contribution in [3.8, 4) is 0 Å². The highest BCUT2D eigenvalue weighted by molar-refractivity contribution is 6.30. The van der Waals surface area contributed by atoms with Gasteiger partial charge in [0.05, 0.1) is 12.7 Å². The van der Waals surface area contributed by atoms with Gasteiger partial charge in [-0.25, -0.2) is 0 Å². The van der Waals surface area contributed by atoms with Crippen molar-refractivity contribution < 1.29 is 4.74 Å². The number of fused-ring (bicyclic) bond motifs is 1. The smallest absolute Gasteiger partial charge is 0.255 e. The number of hydrogen-bond donors (Lipinski definition) is 1. The van der Waals surface area contributed by atoms with Gasteiger partial charge in [-0.05, 0) is 27.7 Å². The largest absolute Gasteiger partial charge is 0.377 e. The van der Waals surface area contributed by atoms with Gasteiger partial charge in [0.1, 0.15) is 17.3 Å². The molecule has 1 unspecified atom stereocenters. The molecular formula is C12H18ClN5O. The first-order chi connectivity index (χ1) is 8.99. The number of nitrogens with one attached hydrogen (secondary N) is 1. The quantitative estimate of drug-likeness (QED) is 0.853. The highest BCUT2D eigenvalue weighted by Crippen LogP contribution is 2.22. The molecular weight excluding hydrogens is 266 g/mol. The maximum Gasteiger partial charge on any atom is 0.255 e. The Bertz CT molecular complexity index is 568. The fraction of sp³-hybridized carbons (Fsp3) is 0.583. The average Bonchev–Trinajstić information content (AvgIpc) is 2.80. The van der Waals surface area contributed by atoms with E-state index in [2.05, 4.69) is 20.4 Å². The van der Waals surface area contributed by atoms with E-state index >= 15 is 0 Å². The summed E-state index contributed by atoms with van der Waals surface area (Å²) >= 11 is 6.10. The number of hydrogen-bond acceptors (Lipinski definition) is 5. The van der Waals surface area contributed by atoms with Crippen LogP contribution < -0.4 is 5.32 Å². The summed E-state index contributed by atoms with van der Waals surface area (Å²) in [6, 6.07) is 0.131. The molecule has 19 heavy (non-hydrogen) atoms. The second-order valence-electron chi connectivity index (χ2n) is 4.78. The minimum absolute atomic E-state index is 0.131. The highest BCUT2D eigenvalue weighted by atomic mass is 35.5. The van der Waals surface area contributed by atoms with Gasteiger partial charge in [0.2, 0.25) is 0 Å². The molecule has 0 bridgehead atoms. The van der Waals surface area contributed by atoms with E-state index < -0.39 is 0 Å². The molecule has 0 saturated carbocycles. The van der Waals surface area contributed by atoms with Gasteiger partial charge < -0.3 is 10.1 Å². The van der Waals surface area contributed by atoms with Crippen LogP contribution in [-0.2, 0) is 4.74 Å². The van der Waals surface area contributed by atoms with Gasteiger partial charge >= 0.3 is 0 Å². The van der Waals surface area contributed by atoms with Gasteiger partial charge in [-0.15, -0.1) is 0 Å². The Hall–Kier alpha value is -1.40. The van der Waals surface area contributed by atoms with Gasteiger partial charge in [0, 0.05) is 11.6 Å². The maximum absolute atomic E-state index is 6.10. The fourth-order valence-electron chi connectivity index (χ4n) is 1.68. The van der Waals surface area contributed by atoms with E-state index in [0.717, 1.165) is 11.4 Å². The molecule has 6 nitrogen and oxygen atoms in total. The zero-order valence-corrected chi connectivity index (χ0v) is 12.3. The summed E-state index contributed by atoms with van der Waals surface area (Å²) in [7, 11) is 0. The van der Waals surface area contributed by atoms with E-state index in [1.165, 1.54) is 6.33 Å². The molecule has 7 heteroatoms. The van der Waals surface area contributed by atoms with Crippen LogP contribution in [0.1, 0.15) is 26.3 Å². The number of ether oxygens (including phenoxy) is 1. The second kappa shape index (κ2) is 5.71. The molecule has 0 aliphatic heterocycles. The number of aromatic nitrogens is 4. The number of rotatable bonds is 5. The Labute approximate surface area is 117 Å². The van der Waals surface area contributed by atoms with Crippen molar-refractivity contribution in [2.24, 2.45) is 0 Å². The molecule has 2 rings (SSSR count). The lowest BCUT2D eigenvalue weighted by Crippen LogP contribution is -2.25. The standard InChI is InChI=1S/C12H18ClN5O/c1-7(2)19-5-8(3)16-11-9(4)10(13)17-12-14-6-15-18(11)12/h6-8,16H,5H2,1-4H3. The predicted octanol–water partition coefficient (Wildman–Crippen LogP) is 2.31. The van der Waals surface area contributed by atoms with Crippen molar-refractivity contribution in [1.82, 2.24) is 19.6 Å². The van der Waals surface area contributed by atoms with Crippen LogP contribution in [0.3, 0.4) is 0 Å². The first-order valence-electron chi connectivity index (χ1n) is 6.23. The lowest BCUT2D eigenvalue weighted by Gasteiger charge is -2.19. The number of halogens is 1. The Balaban J connectivity index is 2.23. The Morgan fingerprint density at radius 1 is 1.42 bits per heavy atom. The first-order valence-corrected chi connectivity index (χ1v) is 6.60. The number of anilines is 1. The molecule has 0 saturated heterocycles. The summed E-state index contributed by atoms with van der Waals surface area (Å²) in [6.07, 6.45) is 1.66. The van der Waals surface area contributed by atoms with Crippen LogP contribution in [0.15, 0.2) is 6.33 Å². The Morgan fingerprint density at radius 3 is 2.84 bits per heavy atom. The lowest BCUT2D eigenvalue weighted by molar-refractivity contribution is 0.0742. The summed E-state index contributed by atoms with van der Waals surface area (Å²) in [4.78, 5) is 8.21. The fourth-order valence-corrected chi connectivity index (χ4v) is 1.84. The summed E-state index contributed by atoms with van der Waals surface area (Å²) < 4.78 is 7.23. The highest BCUT2D eigenvalue weighted by Gasteiger charge is 2.14. The lowest BCUT2D eigenvalue weighted by atomic mass is 10.3. The SMILES string of the molecule is Cc1c(Cl)nc2ncnn2c1NC(C)COC(C)C. The third-order valence-electron chi connectivity index (χ3n) is 2.67. The predicted molar refractivity (Wildman–Crippen MR) is 74.7 cm³/mol. The van der Waals surface area contributed by atoms with Crippen LogP contribution in [0, 0.1) is 6.92 Å². The zero-order valence-electron chi connectivity index (χ0n) is 11.5. The Morgan fingerprint density at radius 2 is 2.16 bits per heavy atom. The topological polar surface area (TPSA) is 64.3 Å². The van der Waals surface area contributed by atoms with Crippen LogP contribution in [0.25, 0.3) is 5.78 Å². The van der Waals surface area contributed by atoms with Crippen molar-refractivity contribution in [3.05, 3.63) is 17.0 Å². The minimum atomic E-state index is 0.131. The molecule has 0 radical (unpaired) electrons. The molecule has 0 fully saturated rings. The van der Waals surface area contributed by atoms with E-state index in [1.807, 2.05) is 27.7 Å². The monoisotopic (exact) mass is 283 g/mol. The van der Waals surface area contributed by atoms with Crippen molar-refractivity contribution in [2.45, 2.75) is 39.8 Å².